The van der Waals surface area contributed by atoms with Gasteiger partial charge in [0.2, 0.25) is 5.82 Å². The SMILES string of the molecule is Cc1cccc(-c2noc(-c3ccc(Br)cc3O)n2)c1. The topological polar surface area (TPSA) is 59.2 Å². The molecule has 0 amide bonds. The zero-order valence-corrected chi connectivity index (χ0v) is 12.3. The van der Waals surface area contributed by atoms with Crippen LogP contribution in [0.5, 0.6) is 5.75 Å². The summed E-state index contributed by atoms with van der Waals surface area (Å²) in [6.07, 6.45) is 0. The van der Waals surface area contributed by atoms with Gasteiger partial charge in [-0.3, -0.25) is 0 Å². The second-order valence-electron chi connectivity index (χ2n) is 4.45. The fourth-order valence-electron chi connectivity index (χ4n) is 1.92. The van der Waals surface area contributed by atoms with E-state index in [4.69, 9.17) is 4.52 Å². The molecule has 100 valence electrons. The van der Waals surface area contributed by atoms with Crippen molar-refractivity contribution in [1.82, 2.24) is 10.1 Å². The lowest BCUT2D eigenvalue weighted by atomic mass is 10.1. The lowest BCUT2D eigenvalue weighted by Crippen LogP contribution is -1.83. The highest BCUT2D eigenvalue weighted by Crippen LogP contribution is 2.31. The molecule has 1 heterocycles. The van der Waals surface area contributed by atoms with Crippen molar-refractivity contribution < 1.29 is 9.63 Å². The van der Waals surface area contributed by atoms with Crippen LogP contribution in [0.3, 0.4) is 0 Å². The number of phenolic OH excluding ortho intramolecular Hbond substituents is 1. The van der Waals surface area contributed by atoms with Crippen LogP contribution < -0.4 is 0 Å². The molecule has 0 spiro atoms. The van der Waals surface area contributed by atoms with Crippen molar-refractivity contribution in [1.29, 1.82) is 0 Å². The number of halogens is 1. The molecule has 0 aliphatic rings. The summed E-state index contributed by atoms with van der Waals surface area (Å²) in [7, 11) is 0. The first-order valence-electron chi connectivity index (χ1n) is 6.03. The van der Waals surface area contributed by atoms with Crippen molar-refractivity contribution in [2.45, 2.75) is 6.92 Å². The smallest absolute Gasteiger partial charge is 0.261 e. The number of hydrogen-bond acceptors (Lipinski definition) is 4. The van der Waals surface area contributed by atoms with E-state index < -0.39 is 0 Å². The first-order chi connectivity index (χ1) is 9.63. The van der Waals surface area contributed by atoms with E-state index in [1.807, 2.05) is 37.3 Å². The summed E-state index contributed by atoms with van der Waals surface area (Å²) < 4.78 is 6.02. The molecule has 2 aromatic carbocycles. The average Bonchev–Trinajstić information content (AvgIpc) is 2.88. The van der Waals surface area contributed by atoms with E-state index >= 15 is 0 Å². The van der Waals surface area contributed by atoms with Gasteiger partial charge in [0.15, 0.2) is 0 Å². The molecule has 5 heteroatoms. The Bertz CT molecular complexity index is 768. The predicted octanol–water partition coefficient (Wildman–Crippen LogP) is 4.18. The van der Waals surface area contributed by atoms with E-state index in [2.05, 4.69) is 26.1 Å². The number of hydrogen-bond donors (Lipinski definition) is 1. The molecule has 3 aromatic rings. The van der Waals surface area contributed by atoms with E-state index in [1.165, 1.54) is 0 Å². The van der Waals surface area contributed by atoms with Crippen molar-refractivity contribution in [3.8, 4) is 28.6 Å². The molecule has 20 heavy (non-hydrogen) atoms. The average molecular weight is 331 g/mol. The maximum absolute atomic E-state index is 9.91. The summed E-state index contributed by atoms with van der Waals surface area (Å²) in [6.45, 7) is 2.01. The molecule has 0 atom stereocenters. The van der Waals surface area contributed by atoms with Crippen molar-refractivity contribution >= 4 is 15.9 Å². The van der Waals surface area contributed by atoms with Crippen LogP contribution >= 0.6 is 15.9 Å². The van der Waals surface area contributed by atoms with Crippen LogP contribution in [0, 0.1) is 6.92 Å². The molecule has 0 fully saturated rings. The van der Waals surface area contributed by atoms with Gasteiger partial charge in [0.25, 0.3) is 5.89 Å². The minimum absolute atomic E-state index is 0.0961. The molecule has 4 nitrogen and oxygen atoms in total. The van der Waals surface area contributed by atoms with E-state index in [-0.39, 0.29) is 5.75 Å². The van der Waals surface area contributed by atoms with E-state index in [9.17, 15) is 5.11 Å². The second-order valence-corrected chi connectivity index (χ2v) is 5.37. The van der Waals surface area contributed by atoms with E-state index in [0.29, 0.717) is 17.3 Å². The largest absolute Gasteiger partial charge is 0.507 e. The third-order valence-corrected chi connectivity index (χ3v) is 3.39. The van der Waals surface area contributed by atoms with Gasteiger partial charge >= 0.3 is 0 Å². The predicted molar refractivity (Wildman–Crippen MR) is 79.3 cm³/mol. The lowest BCUT2D eigenvalue weighted by Gasteiger charge is -1.99. The van der Waals surface area contributed by atoms with Gasteiger partial charge in [-0.05, 0) is 31.2 Å². The summed E-state index contributed by atoms with van der Waals surface area (Å²) in [5.41, 5.74) is 2.52. The highest BCUT2D eigenvalue weighted by Gasteiger charge is 2.14. The third-order valence-electron chi connectivity index (χ3n) is 2.89. The minimum Gasteiger partial charge on any atom is -0.507 e. The standard InChI is InChI=1S/C15H11BrN2O2/c1-9-3-2-4-10(7-9)14-17-15(20-18-14)12-6-5-11(16)8-13(12)19/h2-8,19H,1H3. The second kappa shape index (κ2) is 5.09. The monoisotopic (exact) mass is 330 g/mol. The van der Waals surface area contributed by atoms with Gasteiger partial charge < -0.3 is 9.63 Å². The van der Waals surface area contributed by atoms with Gasteiger partial charge in [-0.2, -0.15) is 4.98 Å². The maximum Gasteiger partial charge on any atom is 0.261 e. The zero-order valence-electron chi connectivity index (χ0n) is 10.7. The van der Waals surface area contributed by atoms with Crippen molar-refractivity contribution in [2.75, 3.05) is 0 Å². The Balaban J connectivity index is 2.02. The zero-order chi connectivity index (χ0) is 14.1. The fraction of sp³-hybridized carbons (Fsp3) is 0.0667. The molecule has 1 N–H and O–H groups in total. The number of aromatic hydroxyl groups is 1. The Morgan fingerprint density at radius 2 is 2.00 bits per heavy atom. The molecule has 0 radical (unpaired) electrons. The molecule has 3 rings (SSSR count). The Morgan fingerprint density at radius 3 is 2.75 bits per heavy atom. The molecule has 0 saturated carbocycles. The molecular weight excluding hydrogens is 320 g/mol. The summed E-state index contributed by atoms with van der Waals surface area (Å²) in [5.74, 6) is 0.899. The molecule has 1 aromatic heterocycles. The van der Waals surface area contributed by atoms with Crippen LogP contribution in [0.2, 0.25) is 0 Å². The highest BCUT2D eigenvalue weighted by atomic mass is 79.9. The third kappa shape index (κ3) is 2.44. The fourth-order valence-corrected chi connectivity index (χ4v) is 2.27. The highest BCUT2D eigenvalue weighted by molar-refractivity contribution is 9.10. The van der Waals surface area contributed by atoms with Gasteiger partial charge in [-0.25, -0.2) is 0 Å². The number of rotatable bonds is 2. The number of nitrogens with zero attached hydrogens (tertiary/aromatic N) is 2. The van der Waals surface area contributed by atoms with Crippen LogP contribution in [-0.2, 0) is 0 Å². The van der Waals surface area contributed by atoms with Crippen LogP contribution in [0.15, 0.2) is 51.5 Å². The number of aryl methyl sites for hydroxylation is 1. The van der Waals surface area contributed by atoms with Crippen molar-refractivity contribution in [2.24, 2.45) is 0 Å². The quantitative estimate of drug-likeness (QED) is 0.765. The van der Waals surface area contributed by atoms with Crippen LogP contribution in [0.1, 0.15) is 5.56 Å². The number of aromatic nitrogens is 2. The molecule has 0 aliphatic heterocycles. The van der Waals surface area contributed by atoms with Crippen molar-refractivity contribution in [3.63, 3.8) is 0 Å². The summed E-state index contributed by atoms with van der Waals surface area (Å²) in [6, 6.07) is 13.0. The Morgan fingerprint density at radius 1 is 1.15 bits per heavy atom. The first kappa shape index (κ1) is 12.9. The van der Waals surface area contributed by atoms with E-state index in [0.717, 1.165) is 15.6 Å². The normalized spacial score (nSPS) is 10.7. The minimum atomic E-state index is 0.0961. The maximum atomic E-state index is 9.91. The molecule has 0 saturated heterocycles. The Hall–Kier alpha value is -2.14. The lowest BCUT2D eigenvalue weighted by molar-refractivity contribution is 0.425. The Labute approximate surface area is 124 Å². The number of phenols is 1. The van der Waals surface area contributed by atoms with Gasteiger partial charge in [-0.1, -0.05) is 44.8 Å². The van der Waals surface area contributed by atoms with Crippen molar-refractivity contribution in [3.05, 3.63) is 52.5 Å². The molecule has 0 bridgehead atoms. The van der Waals surface area contributed by atoms with Gasteiger partial charge in [0.1, 0.15) is 5.75 Å². The van der Waals surface area contributed by atoms with Crippen LogP contribution in [0.25, 0.3) is 22.8 Å². The summed E-state index contributed by atoms with van der Waals surface area (Å²) in [5, 5.41) is 13.9. The molecule has 0 aliphatic carbocycles. The first-order valence-corrected chi connectivity index (χ1v) is 6.82. The summed E-state index contributed by atoms with van der Waals surface area (Å²) >= 11 is 3.29. The van der Waals surface area contributed by atoms with Gasteiger partial charge in [0.05, 0.1) is 5.56 Å². The molecule has 0 unspecified atom stereocenters. The van der Waals surface area contributed by atoms with Gasteiger partial charge in [0, 0.05) is 10.0 Å². The Kier molecular flexibility index (Phi) is 3.28. The number of benzene rings is 2. The molecular formula is C15H11BrN2O2. The summed E-state index contributed by atoms with van der Waals surface area (Å²) in [4.78, 5) is 4.33. The van der Waals surface area contributed by atoms with Crippen LogP contribution in [-0.4, -0.2) is 15.2 Å². The van der Waals surface area contributed by atoms with Crippen LogP contribution in [0.4, 0.5) is 0 Å². The van der Waals surface area contributed by atoms with Gasteiger partial charge in [-0.15, -0.1) is 0 Å². The van der Waals surface area contributed by atoms with E-state index in [1.54, 1.807) is 12.1 Å².